The van der Waals surface area contributed by atoms with Crippen LogP contribution in [0.2, 0.25) is 0 Å². The smallest absolute Gasteiger partial charge is 0.323 e. The largest absolute Gasteiger partial charge is 0.463 e. The maximum Gasteiger partial charge on any atom is 0.323 e. The van der Waals surface area contributed by atoms with Gasteiger partial charge in [-0.2, -0.15) is 5.26 Å². The second-order valence-corrected chi connectivity index (χ2v) is 3.40. The summed E-state index contributed by atoms with van der Waals surface area (Å²) in [5.41, 5.74) is 0. The van der Waals surface area contributed by atoms with Crippen molar-refractivity contribution in [3.05, 3.63) is 0 Å². The minimum atomic E-state index is -0.257. The monoisotopic (exact) mass is 212 g/mol. The summed E-state index contributed by atoms with van der Waals surface area (Å²) in [5, 5.41) is 8.30. The Hall–Kier alpha value is -1.12. The van der Waals surface area contributed by atoms with E-state index in [0.29, 0.717) is 13.2 Å². The predicted molar refractivity (Wildman–Crippen MR) is 53.0 cm³/mol. The van der Waals surface area contributed by atoms with E-state index in [0.717, 1.165) is 13.1 Å². The molecule has 0 N–H and O–H groups in total. The molecule has 0 aromatic carbocycles. The molecule has 5 heteroatoms. The van der Waals surface area contributed by atoms with Crippen LogP contribution in [0.1, 0.15) is 13.3 Å². The number of nitriles is 1. The Kier molecular flexibility index (Phi) is 5.08. The number of nitrogens with zero attached hydrogens (tertiary/aromatic N) is 2. The fourth-order valence-electron chi connectivity index (χ4n) is 1.43. The van der Waals surface area contributed by atoms with E-state index in [-0.39, 0.29) is 25.0 Å². The SMILES string of the molecule is CC(C(=O)OCCC#N)N1CCOCC1. The highest BCUT2D eigenvalue weighted by molar-refractivity contribution is 5.75. The molecular weight excluding hydrogens is 196 g/mol. The Balaban J connectivity index is 2.28. The zero-order valence-electron chi connectivity index (χ0n) is 8.94. The summed E-state index contributed by atoms with van der Waals surface area (Å²) in [6.45, 7) is 4.85. The highest BCUT2D eigenvalue weighted by Crippen LogP contribution is 2.05. The van der Waals surface area contributed by atoms with Gasteiger partial charge in [-0.25, -0.2) is 0 Å². The molecule has 84 valence electrons. The molecule has 0 saturated carbocycles. The van der Waals surface area contributed by atoms with Crippen molar-refractivity contribution < 1.29 is 14.3 Å². The van der Waals surface area contributed by atoms with E-state index in [4.69, 9.17) is 14.7 Å². The summed E-state index contributed by atoms with van der Waals surface area (Å²) in [4.78, 5) is 13.5. The summed E-state index contributed by atoms with van der Waals surface area (Å²) in [6.07, 6.45) is 0.252. The third-order valence-corrected chi connectivity index (χ3v) is 2.39. The molecule has 1 aliphatic heterocycles. The third-order valence-electron chi connectivity index (χ3n) is 2.39. The van der Waals surface area contributed by atoms with Gasteiger partial charge in [0.15, 0.2) is 0 Å². The lowest BCUT2D eigenvalue weighted by molar-refractivity contribution is -0.150. The summed E-state index contributed by atoms with van der Waals surface area (Å²) in [6, 6.07) is 1.69. The first-order valence-corrected chi connectivity index (χ1v) is 5.11. The first-order chi connectivity index (χ1) is 7.25. The summed E-state index contributed by atoms with van der Waals surface area (Å²) in [7, 11) is 0. The predicted octanol–water partition coefficient (Wildman–Crippen LogP) is 0.164. The van der Waals surface area contributed by atoms with Crippen molar-refractivity contribution in [2.24, 2.45) is 0 Å². The van der Waals surface area contributed by atoms with Crippen molar-refractivity contribution in [1.82, 2.24) is 4.90 Å². The van der Waals surface area contributed by atoms with E-state index in [1.807, 2.05) is 17.9 Å². The van der Waals surface area contributed by atoms with Crippen molar-refractivity contribution in [1.29, 1.82) is 5.26 Å². The Morgan fingerprint density at radius 1 is 1.60 bits per heavy atom. The third kappa shape index (κ3) is 3.86. The fraction of sp³-hybridized carbons (Fsp3) is 0.800. The Labute approximate surface area is 89.6 Å². The molecule has 1 aliphatic rings. The van der Waals surface area contributed by atoms with Crippen LogP contribution in [0, 0.1) is 11.3 Å². The highest BCUT2D eigenvalue weighted by Gasteiger charge is 2.23. The van der Waals surface area contributed by atoms with Gasteiger partial charge in [0.2, 0.25) is 0 Å². The molecule has 0 bridgehead atoms. The quantitative estimate of drug-likeness (QED) is 0.491. The molecule has 1 unspecified atom stereocenters. The molecular formula is C10H16N2O3. The van der Waals surface area contributed by atoms with Crippen LogP contribution in [0.4, 0.5) is 0 Å². The van der Waals surface area contributed by atoms with Crippen LogP contribution in [0.3, 0.4) is 0 Å². The number of carbonyl (C=O) groups is 1. The van der Waals surface area contributed by atoms with E-state index in [9.17, 15) is 4.79 Å². The Morgan fingerprint density at radius 3 is 2.87 bits per heavy atom. The maximum absolute atomic E-state index is 11.5. The van der Waals surface area contributed by atoms with Gasteiger partial charge < -0.3 is 9.47 Å². The van der Waals surface area contributed by atoms with Gasteiger partial charge in [0, 0.05) is 13.1 Å². The standard InChI is InChI=1S/C10H16N2O3/c1-9(10(13)15-6-2-3-11)12-4-7-14-8-5-12/h9H,2,4-8H2,1H3. The highest BCUT2D eigenvalue weighted by atomic mass is 16.5. The lowest BCUT2D eigenvalue weighted by Crippen LogP contribution is -2.46. The average Bonchev–Trinajstić information content (AvgIpc) is 2.29. The molecule has 0 amide bonds. The lowest BCUT2D eigenvalue weighted by Gasteiger charge is -2.30. The van der Waals surface area contributed by atoms with Crippen molar-refractivity contribution in [3.8, 4) is 6.07 Å². The first-order valence-electron chi connectivity index (χ1n) is 5.11. The van der Waals surface area contributed by atoms with Crippen LogP contribution < -0.4 is 0 Å². The minimum Gasteiger partial charge on any atom is -0.463 e. The van der Waals surface area contributed by atoms with Crippen molar-refractivity contribution in [3.63, 3.8) is 0 Å². The van der Waals surface area contributed by atoms with Gasteiger partial charge in [-0.05, 0) is 6.92 Å². The van der Waals surface area contributed by atoms with E-state index in [1.165, 1.54) is 0 Å². The van der Waals surface area contributed by atoms with Gasteiger partial charge in [-0.15, -0.1) is 0 Å². The van der Waals surface area contributed by atoms with Crippen molar-refractivity contribution >= 4 is 5.97 Å². The molecule has 1 heterocycles. The van der Waals surface area contributed by atoms with Crippen LogP contribution >= 0.6 is 0 Å². The van der Waals surface area contributed by atoms with Gasteiger partial charge in [-0.1, -0.05) is 0 Å². The van der Waals surface area contributed by atoms with Crippen LogP contribution in [-0.4, -0.2) is 49.8 Å². The molecule has 1 rings (SSSR count). The van der Waals surface area contributed by atoms with E-state index < -0.39 is 0 Å². The molecule has 1 fully saturated rings. The number of hydrogen-bond donors (Lipinski definition) is 0. The number of rotatable bonds is 4. The molecule has 1 atom stereocenters. The number of carbonyl (C=O) groups excluding carboxylic acids is 1. The van der Waals surface area contributed by atoms with Gasteiger partial charge in [0.1, 0.15) is 12.6 Å². The maximum atomic E-state index is 11.5. The molecule has 15 heavy (non-hydrogen) atoms. The number of ether oxygens (including phenoxy) is 2. The Morgan fingerprint density at radius 2 is 2.27 bits per heavy atom. The van der Waals surface area contributed by atoms with E-state index in [2.05, 4.69) is 0 Å². The van der Waals surface area contributed by atoms with Crippen LogP contribution in [0.5, 0.6) is 0 Å². The van der Waals surface area contributed by atoms with Crippen molar-refractivity contribution in [2.45, 2.75) is 19.4 Å². The zero-order chi connectivity index (χ0) is 11.1. The molecule has 1 saturated heterocycles. The van der Waals surface area contributed by atoms with Crippen LogP contribution in [0.25, 0.3) is 0 Å². The minimum absolute atomic E-state index is 0.185. The second-order valence-electron chi connectivity index (χ2n) is 3.40. The second kappa shape index (κ2) is 6.38. The fourth-order valence-corrected chi connectivity index (χ4v) is 1.43. The van der Waals surface area contributed by atoms with Gasteiger partial charge >= 0.3 is 5.97 Å². The Bertz CT molecular complexity index is 244. The average molecular weight is 212 g/mol. The molecule has 0 spiro atoms. The lowest BCUT2D eigenvalue weighted by atomic mass is 10.2. The first kappa shape index (κ1) is 12.0. The van der Waals surface area contributed by atoms with E-state index in [1.54, 1.807) is 0 Å². The number of esters is 1. The molecule has 0 aromatic heterocycles. The summed E-state index contributed by atoms with van der Waals surface area (Å²) in [5.74, 6) is -0.257. The zero-order valence-corrected chi connectivity index (χ0v) is 8.94. The van der Waals surface area contributed by atoms with E-state index >= 15 is 0 Å². The van der Waals surface area contributed by atoms with Gasteiger partial charge in [0.25, 0.3) is 0 Å². The van der Waals surface area contributed by atoms with Crippen LogP contribution in [0.15, 0.2) is 0 Å². The summed E-state index contributed by atoms with van der Waals surface area (Å²) < 4.78 is 10.1. The summed E-state index contributed by atoms with van der Waals surface area (Å²) >= 11 is 0. The topological polar surface area (TPSA) is 62.6 Å². The van der Waals surface area contributed by atoms with Gasteiger partial charge in [-0.3, -0.25) is 9.69 Å². The number of hydrogen-bond acceptors (Lipinski definition) is 5. The van der Waals surface area contributed by atoms with Crippen molar-refractivity contribution in [2.75, 3.05) is 32.9 Å². The normalized spacial score (nSPS) is 19.2. The molecule has 0 aliphatic carbocycles. The molecule has 0 radical (unpaired) electrons. The molecule has 5 nitrogen and oxygen atoms in total. The van der Waals surface area contributed by atoms with Crippen LogP contribution in [-0.2, 0) is 14.3 Å². The molecule has 0 aromatic rings. The van der Waals surface area contributed by atoms with Gasteiger partial charge in [0.05, 0.1) is 25.7 Å². The number of morpholine rings is 1.